The van der Waals surface area contributed by atoms with Crippen LogP contribution in [0.4, 0.5) is 5.69 Å². The minimum absolute atomic E-state index is 0.240. The molecule has 2 N–H and O–H groups in total. The van der Waals surface area contributed by atoms with Crippen molar-refractivity contribution in [3.63, 3.8) is 0 Å². The van der Waals surface area contributed by atoms with Gasteiger partial charge in [0, 0.05) is 46.9 Å². The van der Waals surface area contributed by atoms with E-state index < -0.39 is 5.66 Å². The van der Waals surface area contributed by atoms with E-state index >= 15 is 0 Å². The van der Waals surface area contributed by atoms with Crippen LogP contribution in [-0.2, 0) is 5.66 Å². The molecular weight excluding hydrogens is 436 g/mol. The molecule has 35 heavy (non-hydrogen) atoms. The first-order chi connectivity index (χ1) is 17.0. The Hall–Kier alpha value is -3.74. The van der Waals surface area contributed by atoms with Gasteiger partial charge in [0.15, 0.2) is 5.66 Å². The molecule has 0 bridgehead atoms. The predicted octanol–water partition coefficient (Wildman–Crippen LogP) is 5.09. The lowest BCUT2D eigenvalue weighted by atomic mass is 9.97. The summed E-state index contributed by atoms with van der Waals surface area (Å²) >= 11 is 0. The van der Waals surface area contributed by atoms with Crippen LogP contribution in [0.1, 0.15) is 67.2 Å². The number of aromatic nitrogens is 2. The molecule has 1 aromatic carbocycles. The summed E-state index contributed by atoms with van der Waals surface area (Å²) in [6, 6.07) is 16.2. The van der Waals surface area contributed by atoms with Gasteiger partial charge in [-0.15, -0.1) is 0 Å². The molecule has 1 amide bonds. The molecule has 3 aromatic rings. The lowest BCUT2D eigenvalue weighted by Crippen LogP contribution is -2.51. The number of hydrogen-bond acceptors (Lipinski definition) is 6. The number of amides is 1. The Morgan fingerprint density at radius 3 is 2.69 bits per heavy atom. The average Bonchev–Trinajstić information content (AvgIpc) is 3.81. The van der Waals surface area contributed by atoms with E-state index in [1.54, 1.807) is 6.20 Å². The average molecular weight is 467 g/mol. The molecule has 2 saturated carbocycles. The molecule has 3 heterocycles. The minimum atomic E-state index is -0.458. The van der Waals surface area contributed by atoms with Crippen LogP contribution in [0.2, 0.25) is 0 Å². The summed E-state index contributed by atoms with van der Waals surface area (Å²) < 4.78 is 0. The van der Waals surface area contributed by atoms with Gasteiger partial charge in [-0.2, -0.15) is 5.10 Å². The van der Waals surface area contributed by atoms with E-state index in [4.69, 9.17) is 0 Å². The van der Waals surface area contributed by atoms with Crippen LogP contribution in [0.3, 0.4) is 0 Å². The van der Waals surface area contributed by atoms with Gasteiger partial charge >= 0.3 is 0 Å². The van der Waals surface area contributed by atoms with E-state index in [1.165, 1.54) is 25.7 Å². The zero-order valence-electron chi connectivity index (χ0n) is 20.1. The number of nitrogens with one attached hydrogen (secondary N) is 2. The number of benzene rings is 1. The third-order valence-electron chi connectivity index (χ3n) is 7.51. The Balaban J connectivity index is 1.19. The monoisotopic (exact) mass is 466 g/mol. The van der Waals surface area contributed by atoms with Gasteiger partial charge in [0.1, 0.15) is 12.0 Å². The van der Waals surface area contributed by atoms with E-state index in [0.717, 1.165) is 28.1 Å². The van der Waals surface area contributed by atoms with Gasteiger partial charge in [0.2, 0.25) is 0 Å². The zero-order valence-corrected chi connectivity index (χ0v) is 20.1. The van der Waals surface area contributed by atoms with Crippen molar-refractivity contribution in [2.75, 3.05) is 5.32 Å². The summed E-state index contributed by atoms with van der Waals surface area (Å²) in [7, 11) is 0. The summed E-state index contributed by atoms with van der Waals surface area (Å²) in [6.45, 7) is 4.39. The maximum Gasteiger partial charge on any atom is 0.274 e. The van der Waals surface area contributed by atoms with Crippen molar-refractivity contribution in [1.82, 2.24) is 20.3 Å². The zero-order chi connectivity index (χ0) is 24.0. The lowest BCUT2D eigenvalue weighted by Gasteiger charge is -2.39. The Morgan fingerprint density at radius 1 is 1.09 bits per heavy atom. The highest BCUT2D eigenvalue weighted by Crippen LogP contribution is 2.41. The van der Waals surface area contributed by atoms with Gasteiger partial charge in [0.25, 0.3) is 5.91 Å². The lowest BCUT2D eigenvalue weighted by molar-refractivity contribution is 0.102. The van der Waals surface area contributed by atoms with Crippen LogP contribution >= 0.6 is 0 Å². The SMILES string of the molecule is C[C@@H](C1CC1)N1C=NN[C@@]1(C)c1cccc(NC(=O)c2cc(-c3ccc(C4CC4)nc3)ccn2)c1. The Bertz CT molecular complexity index is 1280. The van der Waals surface area contributed by atoms with Crippen molar-refractivity contribution in [2.24, 2.45) is 11.0 Å². The van der Waals surface area contributed by atoms with E-state index in [0.29, 0.717) is 23.6 Å². The molecule has 2 atom stereocenters. The maximum absolute atomic E-state index is 13.1. The van der Waals surface area contributed by atoms with E-state index in [2.05, 4.69) is 62.8 Å². The molecule has 0 radical (unpaired) electrons. The second-order valence-corrected chi connectivity index (χ2v) is 10.1. The topological polar surface area (TPSA) is 82.5 Å². The second kappa shape index (κ2) is 8.48. The molecule has 0 saturated heterocycles. The largest absolute Gasteiger partial charge is 0.331 e. The summed E-state index contributed by atoms with van der Waals surface area (Å²) in [5.41, 5.74) is 8.03. The molecular formula is C28H30N6O. The molecule has 7 nitrogen and oxygen atoms in total. The van der Waals surface area contributed by atoms with Crippen LogP contribution in [0.5, 0.6) is 0 Å². The molecule has 2 fully saturated rings. The number of anilines is 1. The molecule has 178 valence electrons. The third kappa shape index (κ3) is 4.27. The summed E-state index contributed by atoms with van der Waals surface area (Å²) in [5.74, 6) is 1.09. The highest BCUT2D eigenvalue weighted by molar-refractivity contribution is 6.03. The van der Waals surface area contributed by atoms with Gasteiger partial charge < -0.3 is 10.2 Å². The fourth-order valence-corrected chi connectivity index (χ4v) is 4.95. The standard InChI is InChI=1S/C28H30N6O/c1-18(19-6-7-19)34-17-31-33-28(34,2)23-4-3-5-24(15-23)32-27(35)26-14-21(12-13-29-26)22-10-11-25(30-16-22)20-8-9-20/h3-5,10-20,33H,6-9H2,1-2H3,(H,32,35)/t18-,28+/m0/s1. The molecule has 7 heteroatoms. The summed E-state index contributed by atoms with van der Waals surface area (Å²) in [5, 5.41) is 7.39. The smallest absolute Gasteiger partial charge is 0.274 e. The van der Waals surface area contributed by atoms with Crippen molar-refractivity contribution in [3.8, 4) is 11.1 Å². The molecule has 2 aliphatic carbocycles. The first-order valence-electron chi connectivity index (χ1n) is 12.4. The highest BCUT2D eigenvalue weighted by atomic mass is 16.1. The van der Waals surface area contributed by atoms with Crippen molar-refractivity contribution >= 4 is 17.9 Å². The summed E-state index contributed by atoms with van der Waals surface area (Å²) in [6.07, 6.45) is 10.5. The number of pyridine rings is 2. The third-order valence-corrected chi connectivity index (χ3v) is 7.51. The fraction of sp³-hybridized carbons (Fsp3) is 0.357. The van der Waals surface area contributed by atoms with Crippen molar-refractivity contribution in [3.05, 3.63) is 77.9 Å². The van der Waals surface area contributed by atoms with E-state index in [9.17, 15) is 4.79 Å². The van der Waals surface area contributed by atoms with E-state index in [-0.39, 0.29) is 5.91 Å². The second-order valence-electron chi connectivity index (χ2n) is 10.1. The number of carbonyl (C=O) groups is 1. The molecule has 3 aliphatic rings. The van der Waals surface area contributed by atoms with Gasteiger partial charge in [-0.25, -0.2) is 0 Å². The molecule has 0 spiro atoms. The number of hydrogen-bond donors (Lipinski definition) is 2. The van der Waals surface area contributed by atoms with Crippen LogP contribution < -0.4 is 10.7 Å². The quantitative estimate of drug-likeness (QED) is 0.507. The van der Waals surface area contributed by atoms with Gasteiger partial charge in [-0.05, 0) is 81.3 Å². The summed E-state index contributed by atoms with van der Waals surface area (Å²) in [4.78, 5) is 24.3. The Labute approximate surface area is 205 Å². The van der Waals surface area contributed by atoms with Gasteiger partial charge in [-0.1, -0.05) is 18.2 Å². The number of rotatable bonds is 7. The van der Waals surface area contributed by atoms with Crippen LogP contribution in [0.15, 0.2) is 66.0 Å². The molecule has 1 aliphatic heterocycles. The number of hydrazone groups is 1. The highest BCUT2D eigenvalue weighted by Gasteiger charge is 2.43. The van der Waals surface area contributed by atoms with Crippen LogP contribution in [-0.4, -0.2) is 33.2 Å². The Morgan fingerprint density at radius 2 is 1.94 bits per heavy atom. The van der Waals surface area contributed by atoms with Gasteiger partial charge in [0.05, 0.1) is 0 Å². The number of nitrogens with zero attached hydrogens (tertiary/aromatic N) is 4. The maximum atomic E-state index is 13.1. The van der Waals surface area contributed by atoms with Gasteiger partial charge in [-0.3, -0.25) is 20.2 Å². The fourth-order valence-electron chi connectivity index (χ4n) is 4.95. The molecule has 6 rings (SSSR count). The normalized spacial score (nSPS) is 22.1. The predicted molar refractivity (Wildman–Crippen MR) is 137 cm³/mol. The minimum Gasteiger partial charge on any atom is -0.331 e. The van der Waals surface area contributed by atoms with Crippen LogP contribution in [0, 0.1) is 5.92 Å². The van der Waals surface area contributed by atoms with Crippen molar-refractivity contribution in [2.45, 2.75) is 57.2 Å². The van der Waals surface area contributed by atoms with Crippen LogP contribution in [0.25, 0.3) is 11.1 Å². The molecule has 0 unspecified atom stereocenters. The Kier molecular flexibility index (Phi) is 5.28. The first kappa shape index (κ1) is 21.8. The van der Waals surface area contributed by atoms with E-state index in [1.807, 2.05) is 42.9 Å². The first-order valence-corrected chi connectivity index (χ1v) is 12.4. The van der Waals surface area contributed by atoms with Crippen molar-refractivity contribution < 1.29 is 4.79 Å². The number of carbonyl (C=O) groups excluding carboxylic acids is 1. The molecule has 2 aromatic heterocycles. The van der Waals surface area contributed by atoms with Crippen molar-refractivity contribution in [1.29, 1.82) is 0 Å².